The molecule has 1 aromatic carbocycles. The van der Waals surface area contributed by atoms with E-state index in [0.717, 1.165) is 17.0 Å². The molecule has 1 aliphatic heterocycles. The van der Waals surface area contributed by atoms with Crippen molar-refractivity contribution in [3.63, 3.8) is 0 Å². The third kappa shape index (κ3) is 3.35. The summed E-state index contributed by atoms with van der Waals surface area (Å²) in [6, 6.07) is 11.2. The molecule has 2 atom stereocenters. The van der Waals surface area contributed by atoms with Crippen molar-refractivity contribution in [1.82, 2.24) is 5.32 Å². The van der Waals surface area contributed by atoms with Crippen LogP contribution in [0.1, 0.15) is 42.9 Å². The molecule has 4 rings (SSSR count). The Morgan fingerprint density at radius 2 is 2.00 bits per heavy atom. The van der Waals surface area contributed by atoms with Gasteiger partial charge in [0.2, 0.25) is 0 Å². The lowest BCUT2D eigenvalue weighted by atomic mass is 9.72. The molecule has 0 radical (unpaired) electrons. The number of furan rings is 1. The SMILES string of the molecule is COC(=O)C1=C(C)NC2=C(C(=O)CC(c3ccco3)C2)C1c1cccc(OC)c1. The van der Waals surface area contributed by atoms with Gasteiger partial charge in [-0.3, -0.25) is 4.79 Å². The maximum atomic E-state index is 13.3. The normalized spacial score (nSPS) is 21.6. The number of esters is 1. The molecule has 0 saturated carbocycles. The molecular weight excluding hydrogens is 370 g/mol. The Kier molecular flexibility index (Phi) is 5.01. The summed E-state index contributed by atoms with van der Waals surface area (Å²) in [5.41, 5.74) is 3.41. The average Bonchev–Trinajstić information content (AvgIpc) is 3.27. The van der Waals surface area contributed by atoms with Crippen molar-refractivity contribution in [2.75, 3.05) is 14.2 Å². The summed E-state index contributed by atoms with van der Waals surface area (Å²) in [4.78, 5) is 25.9. The van der Waals surface area contributed by atoms with Crippen molar-refractivity contribution in [2.24, 2.45) is 0 Å². The molecule has 2 unspecified atom stereocenters. The van der Waals surface area contributed by atoms with Gasteiger partial charge in [-0.15, -0.1) is 0 Å². The average molecular weight is 393 g/mol. The minimum absolute atomic E-state index is 0.00173. The van der Waals surface area contributed by atoms with Crippen LogP contribution in [0.5, 0.6) is 5.75 Å². The van der Waals surface area contributed by atoms with Crippen LogP contribution in [0.2, 0.25) is 0 Å². The monoisotopic (exact) mass is 393 g/mol. The van der Waals surface area contributed by atoms with E-state index in [2.05, 4.69) is 5.32 Å². The number of hydrogen-bond acceptors (Lipinski definition) is 6. The lowest BCUT2D eigenvalue weighted by molar-refractivity contribution is -0.136. The fourth-order valence-electron chi connectivity index (χ4n) is 4.30. The number of hydrogen-bond donors (Lipinski definition) is 1. The highest BCUT2D eigenvalue weighted by atomic mass is 16.5. The number of nitrogens with one attached hydrogen (secondary N) is 1. The molecule has 6 heteroatoms. The summed E-state index contributed by atoms with van der Waals surface area (Å²) in [6.45, 7) is 1.84. The second-order valence-electron chi connectivity index (χ2n) is 7.30. The van der Waals surface area contributed by atoms with Crippen LogP contribution in [-0.2, 0) is 14.3 Å². The third-order valence-corrected chi connectivity index (χ3v) is 5.61. The zero-order chi connectivity index (χ0) is 20.5. The quantitative estimate of drug-likeness (QED) is 0.796. The number of benzene rings is 1. The number of carbonyl (C=O) groups is 2. The van der Waals surface area contributed by atoms with E-state index < -0.39 is 11.9 Å². The van der Waals surface area contributed by atoms with E-state index in [1.54, 1.807) is 13.4 Å². The van der Waals surface area contributed by atoms with Gasteiger partial charge in [-0.2, -0.15) is 0 Å². The van der Waals surface area contributed by atoms with Crippen LogP contribution in [0.25, 0.3) is 0 Å². The number of carbonyl (C=O) groups excluding carboxylic acids is 2. The Morgan fingerprint density at radius 3 is 2.69 bits per heavy atom. The van der Waals surface area contributed by atoms with Gasteiger partial charge in [-0.05, 0) is 43.2 Å². The molecule has 2 heterocycles. The molecule has 1 aliphatic carbocycles. The number of allylic oxidation sites excluding steroid dienone is 3. The smallest absolute Gasteiger partial charge is 0.336 e. The number of Topliss-reactive ketones (excluding diaryl/α,β-unsaturated/α-hetero) is 1. The molecule has 2 aromatic rings. The largest absolute Gasteiger partial charge is 0.497 e. The first-order valence-corrected chi connectivity index (χ1v) is 9.53. The van der Waals surface area contributed by atoms with E-state index in [9.17, 15) is 9.59 Å². The number of rotatable bonds is 4. The van der Waals surface area contributed by atoms with Gasteiger partial charge in [0.05, 0.1) is 26.1 Å². The third-order valence-electron chi connectivity index (χ3n) is 5.61. The zero-order valence-electron chi connectivity index (χ0n) is 16.7. The van der Waals surface area contributed by atoms with Gasteiger partial charge in [-0.25, -0.2) is 4.79 Å². The molecule has 2 aliphatic rings. The van der Waals surface area contributed by atoms with Crippen LogP contribution in [0.4, 0.5) is 0 Å². The van der Waals surface area contributed by atoms with Crippen molar-refractivity contribution in [1.29, 1.82) is 0 Å². The predicted molar refractivity (Wildman–Crippen MR) is 106 cm³/mol. The van der Waals surface area contributed by atoms with Gasteiger partial charge >= 0.3 is 5.97 Å². The molecule has 6 nitrogen and oxygen atoms in total. The zero-order valence-corrected chi connectivity index (χ0v) is 16.7. The van der Waals surface area contributed by atoms with Crippen LogP contribution >= 0.6 is 0 Å². The first-order chi connectivity index (χ1) is 14.0. The molecule has 0 spiro atoms. The molecule has 0 bridgehead atoms. The second kappa shape index (κ2) is 7.62. The van der Waals surface area contributed by atoms with Gasteiger partial charge in [0, 0.05) is 35.2 Å². The summed E-state index contributed by atoms with van der Waals surface area (Å²) in [5, 5.41) is 3.30. The van der Waals surface area contributed by atoms with Crippen molar-refractivity contribution in [3.8, 4) is 5.75 Å². The molecular formula is C23H23NO5. The Hall–Kier alpha value is -3.28. The minimum Gasteiger partial charge on any atom is -0.497 e. The van der Waals surface area contributed by atoms with Crippen molar-refractivity contribution >= 4 is 11.8 Å². The standard InChI is InChI=1S/C23H23NO5/c1-13-20(23(26)28-3)21(14-6-4-7-16(10-14)27-2)22-17(24-13)11-15(12-18(22)25)19-8-5-9-29-19/h4-10,15,21,24H,11-12H2,1-3H3. The Labute approximate surface area is 169 Å². The topological polar surface area (TPSA) is 77.8 Å². The molecule has 0 fully saturated rings. The van der Waals surface area contributed by atoms with E-state index >= 15 is 0 Å². The van der Waals surface area contributed by atoms with Crippen molar-refractivity contribution < 1.29 is 23.5 Å². The van der Waals surface area contributed by atoms with Crippen molar-refractivity contribution in [3.05, 3.63) is 76.5 Å². The molecule has 29 heavy (non-hydrogen) atoms. The van der Waals surface area contributed by atoms with E-state index in [4.69, 9.17) is 13.9 Å². The molecule has 0 saturated heterocycles. The number of ether oxygens (including phenoxy) is 2. The molecule has 150 valence electrons. The van der Waals surface area contributed by atoms with E-state index in [0.29, 0.717) is 35.4 Å². The highest BCUT2D eigenvalue weighted by Gasteiger charge is 2.41. The Bertz CT molecular complexity index is 1020. The summed E-state index contributed by atoms with van der Waals surface area (Å²) in [7, 11) is 2.94. The molecule has 0 amide bonds. The molecule has 1 N–H and O–H groups in total. The van der Waals surface area contributed by atoms with Crippen LogP contribution in [0, 0.1) is 0 Å². The number of dihydropyridines is 1. The number of ketones is 1. The fourth-order valence-corrected chi connectivity index (χ4v) is 4.30. The number of methoxy groups -OCH3 is 2. The van der Waals surface area contributed by atoms with Crippen LogP contribution < -0.4 is 10.1 Å². The first kappa shape index (κ1) is 19.1. The maximum absolute atomic E-state index is 13.3. The summed E-state index contributed by atoms with van der Waals surface area (Å²) in [6.07, 6.45) is 2.60. The van der Waals surface area contributed by atoms with E-state index in [1.165, 1.54) is 7.11 Å². The first-order valence-electron chi connectivity index (χ1n) is 9.53. The Morgan fingerprint density at radius 1 is 1.17 bits per heavy atom. The van der Waals surface area contributed by atoms with Gasteiger partial charge < -0.3 is 19.2 Å². The van der Waals surface area contributed by atoms with Crippen LogP contribution in [0.3, 0.4) is 0 Å². The van der Waals surface area contributed by atoms with Gasteiger partial charge in [0.25, 0.3) is 0 Å². The molecule has 1 aromatic heterocycles. The fraction of sp³-hybridized carbons (Fsp3) is 0.304. The second-order valence-corrected chi connectivity index (χ2v) is 7.30. The summed E-state index contributed by atoms with van der Waals surface area (Å²) < 4.78 is 15.9. The Balaban J connectivity index is 1.83. The van der Waals surface area contributed by atoms with Gasteiger partial charge in [0.1, 0.15) is 11.5 Å². The summed E-state index contributed by atoms with van der Waals surface area (Å²) in [5.74, 6) is 0.491. The predicted octanol–water partition coefficient (Wildman–Crippen LogP) is 3.82. The van der Waals surface area contributed by atoms with E-state index in [1.807, 2.05) is 43.3 Å². The van der Waals surface area contributed by atoms with Crippen LogP contribution in [-0.4, -0.2) is 26.0 Å². The lowest BCUT2D eigenvalue weighted by Gasteiger charge is -2.36. The lowest BCUT2D eigenvalue weighted by Crippen LogP contribution is -2.35. The minimum atomic E-state index is -0.501. The van der Waals surface area contributed by atoms with Gasteiger partial charge in [-0.1, -0.05) is 12.1 Å². The van der Waals surface area contributed by atoms with Gasteiger partial charge in [0.15, 0.2) is 5.78 Å². The summed E-state index contributed by atoms with van der Waals surface area (Å²) >= 11 is 0. The maximum Gasteiger partial charge on any atom is 0.336 e. The van der Waals surface area contributed by atoms with Crippen molar-refractivity contribution in [2.45, 2.75) is 31.6 Å². The highest BCUT2D eigenvalue weighted by molar-refractivity contribution is 6.04. The highest BCUT2D eigenvalue weighted by Crippen LogP contribution is 2.46. The van der Waals surface area contributed by atoms with Crippen LogP contribution in [0.15, 0.2) is 69.6 Å². The van der Waals surface area contributed by atoms with E-state index in [-0.39, 0.29) is 11.7 Å².